The third-order valence-electron chi connectivity index (χ3n) is 4.11. The number of nitrogens with zero attached hydrogens (tertiary/aromatic N) is 1. The first-order valence-electron chi connectivity index (χ1n) is 9.14. The monoisotopic (exact) mass is 404 g/mol. The second-order valence-electron chi connectivity index (χ2n) is 6.38. The second kappa shape index (κ2) is 10.5. The van der Waals surface area contributed by atoms with Crippen molar-refractivity contribution in [1.29, 1.82) is 5.26 Å². The number of thiophene rings is 1. The van der Waals surface area contributed by atoms with E-state index >= 15 is 0 Å². The smallest absolute Gasteiger partial charge is 0.341 e. The van der Waals surface area contributed by atoms with Gasteiger partial charge in [0.15, 0.2) is 0 Å². The Morgan fingerprint density at radius 1 is 1.25 bits per heavy atom. The summed E-state index contributed by atoms with van der Waals surface area (Å²) in [5, 5.41) is 11.8. The number of hydrogen-bond donors (Lipinski definition) is 3. The molecule has 0 bridgehead atoms. The summed E-state index contributed by atoms with van der Waals surface area (Å²) in [5.41, 5.74) is 7.05. The molecule has 8 nitrogen and oxygen atoms in total. The lowest BCUT2D eigenvalue weighted by molar-refractivity contribution is -0.120. The van der Waals surface area contributed by atoms with Crippen LogP contribution < -0.4 is 16.2 Å². The van der Waals surface area contributed by atoms with Crippen molar-refractivity contribution >= 4 is 34.1 Å². The first-order valence-corrected chi connectivity index (χ1v) is 9.96. The average molecular weight is 404 g/mol. The van der Waals surface area contributed by atoms with E-state index in [-0.39, 0.29) is 25.4 Å². The Kier molecular flexibility index (Phi) is 8.02. The van der Waals surface area contributed by atoms with Gasteiger partial charge < -0.3 is 15.5 Å². The van der Waals surface area contributed by atoms with Gasteiger partial charge >= 0.3 is 5.97 Å². The first kappa shape index (κ1) is 21.4. The first-order chi connectivity index (χ1) is 13.5. The molecule has 0 atom stereocenters. The Labute approximate surface area is 167 Å². The Bertz CT molecular complexity index is 823. The molecule has 0 saturated carbocycles. The van der Waals surface area contributed by atoms with Crippen LogP contribution in [0.15, 0.2) is 11.8 Å². The Balaban J connectivity index is 2.03. The molecular formula is C19H24N4O4S. The van der Waals surface area contributed by atoms with Crippen molar-refractivity contribution in [3.63, 3.8) is 0 Å². The van der Waals surface area contributed by atoms with E-state index in [4.69, 9.17) is 10.00 Å². The Morgan fingerprint density at radius 3 is 2.71 bits per heavy atom. The summed E-state index contributed by atoms with van der Waals surface area (Å²) >= 11 is 1.44. The van der Waals surface area contributed by atoms with Gasteiger partial charge in [-0.3, -0.25) is 15.0 Å². The largest absolute Gasteiger partial charge is 0.462 e. The number of fused-ring (bicyclic) bond motifs is 1. The summed E-state index contributed by atoms with van der Waals surface area (Å²) < 4.78 is 5.18. The van der Waals surface area contributed by atoms with Gasteiger partial charge in [-0.1, -0.05) is 0 Å². The summed E-state index contributed by atoms with van der Waals surface area (Å²) in [6.45, 7) is 3.77. The molecule has 2 amide bonds. The number of anilines is 1. The van der Waals surface area contributed by atoms with Crippen LogP contribution in [0.2, 0.25) is 0 Å². The highest BCUT2D eigenvalue weighted by molar-refractivity contribution is 7.17. The number of hydrazine groups is 1. The zero-order valence-electron chi connectivity index (χ0n) is 16.0. The van der Waals surface area contributed by atoms with Crippen LogP contribution in [0, 0.1) is 11.3 Å². The maximum atomic E-state index is 12.4. The number of hydrogen-bond acceptors (Lipinski definition) is 7. The zero-order chi connectivity index (χ0) is 20.5. The van der Waals surface area contributed by atoms with Gasteiger partial charge in [-0.25, -0.2) is 4.79 Å². The highest BCUT2D eigenvalue weighted by Crippen LogP contribution is 2.38. The van der Waals surface area contributed by atoms with Crippen molar-refractivity contribution in [3.05, 3.63) is 27.8 Å². The lowest BCUT2D eigenvalue weighted by Gasteiger charge is -2.12. The van der Waals surface area contributed by atoms with Crippen LogP contribution in [0.3, 0.4) is 0 Å². The van der Waals surface area contributed by atoms with Crippen LogP contribution in [0.4, 0.5) is 5.00 Å². The number of rotatable bonds is 8. The minimum Gasteiger partial charge on any atom is -0.462 e. The molecule has 0 saturated heterocycles. The van der Waals surface area contributed by atoms with E-state index < -0.39 is 11.9 Å². The van der Waals surface area contributed by atoms with E-state index in [9.17, 15) is 14.4 Å². The van der Waals surface area contributed by atoms with E-state index in [1.165, 1.54) is 17.5 Å². The van der Waals surface area contributed by atoms with Gasteiger partial charge in [-0.15, -0.1) is 11.3 Å². The fourth-order valence-electron chi connectivity index (χ4n) is 2.90. The molecule has 0 radical (unpaired) electrons. The van der Waals surface area contributed by atoms with Gasteiger partial charge in [0, 0.05) is 17.5 Å². The molecule has 0 unspecified atom stereocenters. The normalized spacial score (nSPS) is 13.1. The summed E-state index contributed by atoms with van der Waals surface area (Å²) in [6.07, 6.45) is 5.16. The minimum atomic E-state index is -0.459. The van der Waals surface area contributed by atoms with Crippen LogP contribution in [-0.2, 0) is 27.2 Å². The molecule has 28 heavy (non-hydrogen) atoms. The van der Waals surface area contributed by atoms with Crippen molar-refractivity contribution in [1.82, 2.24) is 10.9 Å². The standard InChI is InChI=1S/C19H24N4O4S/c1-3-27-19(26)17-13-6-4-5-7-14(13)28-18(17)22-16(25)10-12(2)11-21-23-15(24)8-9-20/h11,21H,3-8,10H2,1-2H3,(H,22,25)(H,23,24)/b12-11+. The van der Waals surface area contributed by atoms with E-state index in [0.29, 0.717) is 16.1 Å². The van der Waals surface area contributed by atoms with Gasteiger partial charge in [-0.05, 0) is 50.7 Å². The Morgan fingerprint density at radius 2 is 2.00 bits per heavy atom. The van der Waals surface area contributed by atoms with E-state index in [2.05, 4.69) is 16.2 Å². The number of ether oxygens (including phenoxy) is 1. The number of nitrogens with one attached hydrogen (secondary N) is 3. The second-order valence-corrected chi connectivity index (χ2v) is 7.48. The molecule has 1 heterocycles. The molecule has 2 rings (SSSR count). The predicted molar refractivity (Wildman–Crippen MR) is 105 cm³/mol. The molecule has 3 N–H and O–H groups in total. The van der Waals surface area contributed by atoms with E-state index in [1.54, 1.807) is 19.9 Å². The quantitative estimate of drug-likeness (QED) is 0.452. The van der Waals surface area contributed by atoms with Crippen LogP contribution in [0.1, 0.15) is 60.3 Å². The lowest BCUT2D eigenvalue weighted by atomic mass is 9.95. The van der Waals surface area contributed by atoms with Crippen LogP contribution >= 0.6 is 11.3 Å². The SMILES string of the molecule is CCOC(=O)c1c(NC(=O)C/C(C)=C/NNC(=O)CC#N)sc2c1CCCC2. The van der Waals surface area contributed by atoms with E-state index in [0.717, 1.165) is 36.1 Å². The molecule has 9 heteroatoms. The predicted octanol–water partition coefficient (Wildman–Crippen LogP) is 2.57. The number of carbonyl (C=O) groups is 3. The molecule has 0 fully saturated rings. The summed E-state index contributed by atoms with van der Waals surface area (Å²) in [4.78, 5) is 37.2. The van der Waals surface area contributed by atoms with Crippen molar-refractivity contribution < 1.29 is 19.1 Å². The number of esters is 1. The minimum absolute atomic E-state index is 0.0892. The Hall–Kier alpha value is -2.86. The summed E-state index contributed by atoms with van der Waals surface area (Å²) in [7, 11) is 0. The average Bonchev–Trinajstić information content (AvgIpc) is 2.99. The molecular weight excluding hydrogens is 380 g/mol. The van der Waals surface area contributed by atoms with Gasteiger partial charge in [0.05, 0.1) is 18.2 Å². The molecule has 1 aliphatic rings. The van der Waals surface area contributed by atoms with Crippen molar-refractivity contribution in [2.45, 2.75) is 52.4 Å². The maximum Gasteiger partial charge on any atom is 0.341 e. The third-order valence-corrected chi connectivity index (χ3v) is 5.32. The fourth-order valence-corrected chi connectivity index (χ4v) is 4.20. The van der Waals surface area contributed by atoms with Gasteiger partial charge in [0.1, 0.15) is 11.4 Å². The summed E-state index contributed by atoms with van der Waals surface area (Å²) in [6, 6.07) is 1.74. The molecule has 1 aliphatic carbocycles. The molecule has 0 aliphatic heterocycles. The highest BCUT2D eigenvalue weighted by atomic mass is 32.1. The van der Waals surface area contributed by atoms with Gasteiger partial charge in [-0.2, -0.15) is 5.26 Å². The molecule has 1 aromatic rings. The molecule has 0 spiro atoms. The maximum absolute atomic E-state index is 12.4. The lowest BCUT2D eigenvalue weighted by Crippen LogP contribution is -2.33. The number of nitriles is 1. The highest BCUT2D eigenvalue weighted by Gasteiger charge is 2.27. The van der Waals surface area contributed by atoms with E-state index in [1.807, 2.05) is 0 Å². The van der Waals surface area contributed by atoms with Gasteiger partial charge in [0.2, 0.25) is 5.91 Å². The van der Waals surface area contributed by atoms with Crippen molar-refractivity contribution in [2.24, 2.45) is 0 Å². The van der Waals surface area contributed by atoms with Crippen molar-refractivity contribution in [2.75, 3.05) is 11.9 Å². The number of aryl methyl sites for hydroxylation is 1. The topological polar surface area (TPSA) is 120 Å². The van der Waals surface area contributed by atoms with Gasteiger partial charge in [0.25, 0.3) is 5.91 Å². The van der Waals surface area contributed by atoms with Crippen molar-refractivity contribution in [3.8, 4) is 6.07 Å². The number of carbonyl (C=O) groups excluding carboxylic acids is 3. The molecule has 0 aromatic carbocycles. The zero-order valence-corrected chi connectivity index (χ0v) is 16.8. The number of amides is 2. The third kappa shape index (κ3) is 5.82. The molecule has 150 valence electrons. The van der Waals surface area contributed by atoms with Crippen LogP contribution in [0.5, 0.6) is 0 Å². The fraction of sp³-hybridized carbons (Fsp3) is 0.474. The van der Waals surface area contributed by atoms with Crippen LogP contribution in [-0.4, -0.2) is 24.4 Å². The van der Waals surface area contributed by atoms with Crippen LogP contribution in [0.25, 0.3) is 0 Å². The molecule has 1 aromatic heterocycles. The summed E-state index contributed by atoms with van der Waals surface area (Å²) in [5.74, 6) is -1.12.